The number of epoxide rings is 1. The van der Waals surface area contributed by atoms with E-state index < -0.39 is 73.7 Å². The number of benzene rings is 2. The van der Waals surface area contributed by atoms with E-state index in [2.05, 4.69) is 6.92 Å². The van der Waals surface area contributed by atoms with E-state index in [9.17, 15) is 49.8 Å². The molecule has 0 radical (unpaired) electrons. The highest BCUT2D eigenvalue weighted by Gasteiger charge is 2.89. The molecule has 0 bridgehead atoms. The summed E-state index contributed by atoms with van der Waals surface area (Å²) in [5.74, 6) is -4.55. The number of rotatable bonds is 3. The fourth-order valence-electron chi connectivity index (χ4n) is 11.4. The molecule has 2 aromatic heterocycles. The Labute approximate surface area is 325 Å². The van der Waals surface area contributed by atoms with E-state index in [-0.39, 0.29) is 57.4 Å². The van der Waals surface area contributed by atoms with Crippen molar-refractivity contribution < 1.29 is 63.3 Å². The summed E-state index contributed by atoms with van der Waals surface area (Å²) < 4.78 is 23.3. The van der Waals surface area contributed by atoms with E-state index in [0.717, 1.165) is 29.8 Å². The van der Waals surface area contributed by atoms with Crippen LogP contribution in [0.4, 0.5) is 0 Å². The Morgan fingerprint density at radius 3 is 2.26 bits per heavy atom. The molecular weight excluding hydrogens is 740 g/mol. The van der Waals surface area contributed by atoms with Crippen LogP contribution in [0.2, 0.25) is 0 Å². The number of ether oxygens (including phenoxy) is 2. The van der Waals surface area contributed by atoms with Gasteiger partial charge in [0.1, 0.15) is 34.2 Å². The Morgan fingerprint density at radius 2 is 1.61 bits per heavy atom. The number of phenolic OH excluding ortho intramolecular Hbond substituents is 4. The Hall–Kier alpha value is -6.02. The summed E-state index contributed by atoms with van der Waals surface area (Å²) in [4.78, 5) is 51.7. The Balaban J connectivity index is 0.000000178. The number of carbonyl (C=O) groups is 3. The van der Waals surface area contributed by atoms with Crippen molar-refractivity contribution in [2.24, 2.45) is 27.6 Å². The Bertz CT molecular complexity index is 2540. The number of hydrogen-bond donors (Lipinski definition) is 6. The average Bonchev–Trinajstić information content (AvgIpc) is 3.49. The van der Waals surface area contributed by atoms with Crippen molar-refractivity contribution in [3.8, 4) is 40.1 Å². The lowest BCUT2D eigenvalue weighted by Gasteiger charge is -2.64. The Morgan fingerprint density at radius 1 is 0.895 bits per heavy atom. The molecule has 0 amide bonds. The number of ketones is 2. The van der Waals surface area contributed by atoms with Crippen molar-refractivity contribution in [2.45, 2.75) is 78.1 Å². The maximum Gasteiger partial charge on any atom is 0.302 e. The van der Waals surface area contributed by atoms with Gasteiger partial charge in [-0.3, -0.25) is 19.2 Å². The van der Waals surface area contributed by atoms with Gasteiger partial charge in [-0.25, -0.2) is 0 Å². The van der Waals surface area contributed by atoms with Gasteiger partial charge in [-0.15, -0.1) is 0 Å². The summed E-state index contributed by atoms with van der Waals surface area (Å²) in [6, 6.07) is 7.59. The molecule has 5 aliphatic rings. The number of esters is 1. The van der Waals surface area contributed by atoms with Crippen LogP contribution in [0, 0.1) is 27.6 Å². The van der Waals surface area contributed by atoms with Gasteiger partial charge < -0.3 is 48.9 Å². The molecule has 4 aliphatic carbocycles. The van der Waals surface area contributed by atoms with Gasteiger partial charge in [-0.2, -0.15) is 0 Å². The number of aliphatic hydroxyl groups is 1. The zero-order valence-electron chi connectivity index (χ0n) is 31.9. The van der Waals surface area contributed by atoms with Crippen LogP contribution in [0.15, 0.2) is 86.0 Å². The van der Waals surface area contributed by atoms with Crippen LogP contribution >= 0.6 is 0 Å². The smallest absolute Gasteiger partial charge is 0.302 e. The number of aliphatic hydroxyl groups excluding tert-OH is 1. The molecule has 14 heteroatoms. The lowest BCUT2D eigenvalue weighted by Crippen LogP contribution is -2.70. The minimum atomic E-state index is -1.17. The molecule has 8 unspecified atom stereocenters. The van der Waals surface area contributed by atoms with Gasteiger partial charge in [0.25, 0.3) is 0 Å². The molecule has 2 saturated carbocycles. The average molecular weight is 783 g/mol. The quantitative estimate of drug-likeness (QED) is 0.0747. The minimum Gasteiger partial charge on any atom is -0.508 e. The first-order chi connectivity index (χ1) is 26.6. The second-order valence-electron chi connectivity index (χ2n) is 16.9. The molecule has 2 aromatic carbocycles. The third-order valence-electron chi connectivity index (χ3n) is 13.5. The number of furan rings is 1. The van der Waals surface area contributed by atoms with Crippen LogP contribution in [-0.4, -0.2) is 66.0 Å². The van der Waals surface area contributed by atoms with Gasteiger partial charge >= 0.3 is 5.97 Å². The molecule has 14 nitrogen and oxygen atoms in total. The summed E-state index contributed by atoms with van der Waals surface area (Å²) in [5.41, 5.74) is -3.95. The number of fused-ring (bicyclic) bond motifs is 4. The van der Waals surface area contributed by atoms with Crippen molar-refractivity contribution >= 4 is 28.5 Å². The maximum absolute atomic E-state index is 14.3. The van der Waals surface area contributed by atoms with E-state index in [4.69, 9.17) is 18.3 Å². The molecule has 4 aromatic rings. The molecule has 298 valence electrons. The molecule has 1 spiro atoms. The fraction of sp³-hybridized carbons (Fsp3) is 0.395. The van der Waals surface area contributed by atoms with Crippen LogP contribution in [0.3, 0.4) is 0 Å². The third kappa shape index (κ3) is 4.85. The maximum atomic E-state index is 14.3. The highest BCUT2D eigenvalue weighted by Crippen LogP contribution is 2.81. The van der Waals surface area contributed by atoms with Gasteiger partial charge in [-0.1, -0.05) is 19.9 Å². The van der Waals surface area contributed by atoms with Crippen LogP contribution in [-0.2, 0) is 23.9 Å². The van der Waals surface area contributed by atoms with Gasteiger partial charge in [0.2, 0.25) is 17.0 Å². The molecule has 9 rings (SSSR count). The first kappa shape index (κ1) is 37.9. The lowest BCUT2D eigenvalue weighted by molar-refractivity contribution is -0.200. The van der Waals surface area contributed by atoms with Crippen molar-refractivity contribution in [3.63, 3.8) is 0 Å². The van der Waals surface area contributed by atoms with Gasteiger partial charge in [0.15, 0.2) is 28.8 Å². The van der Waals surface area contributed by atoms with Crippen molar-refractivity contribution in [2.75, 3.05) is 0 Å². The Kier molecular flexibility index (Phi) is 7.97. The predicted octanol–water partition coefficient (Wildman–Crippen LogP) is 6.42. The minimum absolute atomic E-state index is 0.0453. The molecule has 3 fully saturated rings. The number of aromatic hydroxyl groups is 5. The van der Waals surface area contributed by atoms with E-state index in [0.29, 0.717) is 18.4 Å². The molecule has 8 atom stereocenters. The zero-order valence-corrected chi connectivity index (χ0v) is 31.9. The predicted molar refractivity (Wildman–Crippen MR) is 200 cm³/mol. The van der Waals surface area contributed by atoms with Crippen LogP contribution in [0.1, 0.15) is 65.9 Å². The summed E-state index contributed by atoms with van der Waals surface area (Å²) in [5, 5.41) is 59.1. The molecule has 6 N–H and O–H groups in total. The molecular formula is C43H42O14. The van der Waals surface area contributed by atoms with Gasteiger partial charge in [0, 0.05) is 41.4 Å². The second kappa shape index (κ2) is 12.0. The monoisotopic (exact) mass is 782 g/mol. The number of carbonyl (C=O) groups excluding carboxylic acids is 3. The molecule has 1 aliphatic heterocycles. The highest BCUT2D eigenvalue weighted by atomic mass is 16.6. The first-order valence-corrected chi connectivity index (χ1v) is 18.5. The van der Waals surface area contributed by atoms with E-state index in [1.807, 2.05) is 19.9 Å². The molecule has 1 saturated heterocycles. The fourth-order valence-corrected chi connectivity index (χ4v) is 11.4. The second-order valence-corrected chi connectivity index (χ2v) is 16.9. The number of hydrogen-bond acceptors (Lipinski definition) is 14. The third-order valence-corrected chi connectivity index (χ3v) is 13.5. The SMILES string of the molecule is CC(=O)OC1CC2(C)C(c3ccoc3)CC3OC32C2(C)C(=O)C(O)=C3C(C)(C)C(=O)C=CC3(C)C12.O=c1c(O)c(-c2ccc(O)c(O)c2)oc2cc(O)cc(O)c12. The molecule has 3 heterocycles. The van der Waals surface area contributed by atoms with Gasteiger partial charge in [-0.05, 0) is 81.0 Å². The van der Waals surface area contributed by atoms with Crippen molar-refractivity contribution in [1.82, 2.24) is 0 Å². The topological polar surface area (TPSA) is 238 Å². The van der Waals surface area contributed by atoms with Crippen molar-refractivity contribution in [1.29, 1.82) is 0 Å². The lowest BCUT2D eigenvalue weighted by atomic mass is 9.38. The number of phenols is 4. The van der Waals surface area contributed by atoms with Crippen LogP contribution < -0.4 is 5.43 Å². The normalized spacial score (nSPS) is 33.1. The number of Topliss-reactive ketones (excluding diaryl/α,β-unsaturated/α-hetero) is 1. The van der Waals surface area contributed by atoms with Crippen molar-refractivity contribution in [3.05, 3.63) is 88.2 Å². The summed E-state index contributed by atoms with van der Waals surface area (Å²) in [6.45, 7) is 10.8. The van der Waals surface area contributed by atoms with Crippen LogP contribution in [0.25, 0.3) is 22.3 Å². The van der Waals surface area contributed by atoms with Crippen LogP contribution in [0.5, 0.6) is 28.7 Å². The van der Waals surface area contributed by atoms with E-state index in [1.165, 1.54) is 13.0 Å². The van der Waals surface area contributed by atoms with E-state index >= 15 is 0 Å². The summed E-state index contributed by atoms with van der Waals surface area (Å²) >= 11 is 0. The largest absolute Gasteiger partial charge is 0.508 e. The zero-order chi connectivity index (χ0) is 41.4. The standard InChI is InChI=1S/C28H32O7.C15H10O7/c1-14(29)34-17-12-26(5)16(15-8-10-33-13-15)11-19-28(26,35-19)27(6)21(17)25(4)9-7-18(30)24(2,3)22(25)20(31)23(27)32;16-7-4-10(19)12-11(5-7)22-15(14(21)13(12)20)6-1-2-8(17)9(18)3-6/h7-10,13,16-17,19,21,31H,11-12H2,1-6H3;1-5,16-19,21H. The number of allylic oxidation sites excluding steroid dienone is 4. The summed E-state index contributed by atoms with van der Waals surface area (Å²) in [7, 11) is 0. The van der Waals surface area contributed by atoms with E-state index in [1.54, 1.807) is 38.5 Å². The summed E-state index contributed by atoms with van der Waals surface area (Å²) in [6.07, 6.45) is 7.17. The first-order valence-electron chi connectivity index (χ1n) is 18.5. The van der Waals surface area contributed by atoms with Gasteiger partial charge in [0.05, 0.1) is 29.5 Å². The molecule has 57 heavy (non-hydrogen) atoms. The highest BCUT2D eigenvalue weighted by molar-refractivity contribution is 6.06.